The average molecular weight is 238 g/mol. The molecule has 0 saturated heterocycles. The summed E-state index contributed by atoms with van der Waals surface area (Å²) in [6, 6.07) is 11.0. The predicted molar refractivity (Wildman–Crippen MR) is 70.1 cm³/mol. The number of fused-ring (bicyclic) bond motifs is 2. The maximum absolute atomic E-state index is 12.5. The van der Waals surface area contributed by atoms with Gasteiger partial charge in [0.2, 0.25) is 0 Å². The Balaban J connectivity index is 2.18. The lowest BCUT2D eigenvalue weighted by atomic mass is 9.97. The van der Waals surface area contributed by atoms with E-state index in [1.807, 2.05) is 19.1 Å². The fourth-order valence-electron chi connectivity index (χ4n) is 2.57. The summed E-state index contributed by atoms with van der Waals surface area (Å²) in [5, 5.41) is 9.52. The molecule has 2 aromatic carbocycles. The van der Waals surface area contributed by atoms with E-state index in [0.717, 1.165) is 35.1 Å². The second-order valence-corrected chi connectivity index (χ2v) is 4.83. The topological polar surface area (TPSA) is 37.3 Å². The lowest BCUT2D eigenvalue weighted by Crippen LogP contribution is -2.04. The number of aryl methyl sites for hydroxylation is 3. The van der Waals surface area contributed by atoms with E-state index in [9.17, 15) is 9.90 Å². The first-order chi connectivity index (χ1) is 8.65. The van der Waals surface area contributed by atoms with E-state index in [1.165, 1.54) is 5.56 Å². The Bertz CT molecular complexity index is 586. The van der Waals surface area contributed by atoms with Crippen LogP contribution in [0.4, 0.5) is 0 Å². The van der Waals surface area contributed by atoms with E-state index in [1.54, 1.807) is 18.2 Å². The number of phenols is 1. The Morgan fingerprint density at radius 3 is 2.28 bits per heavy atom. The lowest BCUT2D eigenvalue weighted by Gasteiger charge is -2.06. The van der Waals surface area contributed by atoms with E-state index < -0.39 is 0 Å². The Morgan fingerprint density at radius 2 is 1.56 bits per heavy atom. The number of benzene rings is 2. The normalized spacial score (nSPS) is 13.7. The number of carbonyl (C=O) groups excluding carboxylic acids is 1. The van der Waals surface area contributed by atoms with Crippen molar-refractivity contribution in [2.45, 2.75) is 19.8 Å². The summed E-state index contributed by atoms with van der Waals surface area (Å²) in [6.45, 7) is 2.04. The van der Waals surface area contributed by atoms with Gasteiger partial charge in [0.05, 0.1) is 0 Å². The largest absolute Gasteiger partial charge is 0.508 e. The number of hydrogen-bond donors (Lipinski definition) is 1. The highest BCUT2D eigenvalue weighted by Crippen LogP contribution is 2.27. The highest BCUT2D eigenvalue weighted by molar-refractivity contribution is 6.11. The summed E-state index contributed by atoms with van der Waals surface area (Å²) < 4.78 is 0. The number of ketones is 1. The van der Waals surface area contributed by atoms with Gasteiger partial charge in [0.25, 0.3) is 0 Å². The maximum atomic E-state index is 12.5. The van der Waals surface area contributed by atoms with Gasteiger partial charge in [-0.05, 0) is 49.1 Å². The average Bonchev–Trinajstić information content (AvgIpc) is 2.47. The van der Waals surface area contributed by atoms with E-state index in [-0.39, 0.29) is 11.5 Å². The van der Waals surface area contributed by atoms with Gasteiger partial charge in [-0.1, -0.05) is 23.8 Å². The van der Waals surface area contributed by atoms with Crippen LogP contribution in [-0.4, -0.2) is 10.9 Å². The third kappa shape index (κ3) is 1.70. The van der Waals surface area contributed by atoms with E-state index >= 15 is 0 Å². The SMILES string of the molecule is Cc1ccc2c(c1)CCc1cc(O)ccc1C2=O. The minimum atomic E-state index is 0.0671. The number of aromatic hydroxyl groups is 1. The third-order valence-corrected chi connectivity index (χ3v) is 3.50. The molecule has 1 aliphatic carbocycles. The van der Waals surface area contributed by atoms with Crippen LogP contribution in [0.2, 0.25) is 0 Å². The molecule has 0 spiro atoms. The van der Waals surface area contributed by atoms with Crippen molar-refractivity contribution in [3.63, 3.8) is 0 Å². The van der Waals surface area contributed by atoms with Crippen LogP contribution in [0.25, 0.3) is 0 Å². The molecule has 0 atom stereocenters. The third-order valence-electron chi connectivity index (χ3n) is 3.50. The van der Waals surface area contributed by atoms with Crippen LogP contribution in [0.5, 0.6) is 5.75 Å². The van der Waals surface area contributed by atoms with Gasteiger partial charge < -0.3 is 5.11 Å². The number of phenolic OH excluding ortho intramolecular Hbond substituents is 1. The molecule has 0 aliphatic heterocycles. The lowest BCUT2D eigenvalue weighted by molar-refractivity contribution is 0.103. The number of carbonyl (C=O) groups is 1. The van der Waals surface area contributed by atoms with Gasteiger partial charge in [0, 0.05) is 11.1 Å². The van der Waals surface area contributed by atoms with Crippen molar-refractivity contribution < 1.29 is 9.90 Å². The van der Waals surface area contributed by atoms with Crippen molar-refractivity contribution in [2.24, 2.45) is 0 Å². The molecule has 0 heterocycles. The van der Waals surface area contributed by atoms with Crippen molar-refractivity contribution in [1.29, 1.82) is 0 Å². The van der Waals surface area contributed by atoms with Crippen molar-refractivity contribution in [2.75, 3.05) is 0 Å². The molecule has 0 aromatic heterocycles. The molecule has 1 N–H and O–H groups in total. The highest BCUT2D eigenvalue weighted by atomic mass is 16.3. The Labute approximate surface area is 106 Å². The summed E-state index contributed by atoms with van der Waals surface area (Å²) in [6.07, 6.45) is 1.64. The predicted octanol–water partition coefficient (Wildman–Crippen LogP) is 3.03. The zero-order valence-corrected chi connectivity index (χ0v) is 10.2. The van der Waals surface area contributed by atoms with Crippen LogP contribution < -0.4 is 0 Å². The molecular formula is C16H14O2. The molecule has 0 amide bonds. The monoisotopic (exact) mass is 238 g/mol. The Morgan fingerprint density at radius 1 is 0.944 bits per heavy atom. The van der Waals surface area contributed by atoms with Crippen molar-refractivity contribution >= 4 is 5.78 Å². The summed E-state index contributed by atoms with van der Waals surface area (Å²) in [4.78, 5) is 12.5. The van der Waals surface area contributed by atoms with Gasteiger partial charge in [-0.3, -0.25) is 4.79 Å². The van der Waals surface area contributed by atoms with Gasteiger partial charge >= 0.3 is 0 Å². The minimum Gasteiger partial charge on any atom is -0.508 e. The van der Waals surface area contributed by atoms with Gasteiger partial charge in [-0.25, -0.2) is 0 Å². The Hall–Kier alpha value is -2.09. The fourth-order valence-corrected chi connectivity index (χ4v) is 2.57. The first kappa shape index (κ1) is 11.0. The molecule has 2 nitrogen and oxygen atoms in total. The summed E-state index contributed by atoms with van der Waals surface area (Å²) in [5.41, 5.74) is 4.74. The summed E-state index contributed by atoms with van der Waals surface area (Å²) in [7, 11) is 0. The molecule has 0 bridgehead atoms. The fraction of sp³-hybridized carbons (Fsp3) is 0.188. The molecule has 0 unspecified atom stereocenters. The first-order valence-corrected chi connectivity index (χ1v) is 6.11. The van der Waals surface area contributed by atoms with Crippen LogP contribution in [0, 0.1) is 6.92 Å². The van der Waals surface area contributed by atoms with Gasteiger partial charge in [0.15, 0.2) is 5.78 Å². The second kappa shape index (κ2) is 3.98. The maximum Gasteiger partial charge on any atom is 0.193 e. The van der Waals surface area contributed by atoms with E-state index in [0.29, 0.717) is 0 Å². The summed E-state index contributed by atoms with van der Waals surface area (Å²) in [5.74, 6) is 0.293. The smallest absolute Gasteiger partial charge is 0.193 e. The molecular weight excluding hydrogens is 224 g/mol. The second-order valence-electron chi connectivity index (χ2n) is 4.83. The first-order valence-electron chi connectivity index (χ1n) is 6.11. The molecule has 2 aromatic rings. The van der Waals surface area contributed by atoms with E-state index in [2.05, 4.69) is 6.07 Å². The van der Waals surface area contributed by atoms with Crippen molar-refractivity contribution in [1.82, 2.24) is 0 Å². The molecule has 0 saturated carbocycles. The van der Waals surface area contributed by atoms with Gasteiger partial charge in [-0.2, -0.15) is 0 Å². The van der Waals surface area contributed by atoms with Crippen LogP contribution in [0.15, 0.2) is 36.4 Å². The van der Waals surface area contributed by atoms with Crippen LogP contribution in [0.3, 0.4) is 0 Å². The number of hydrogen-bond acceptors (Lipinski definition) is 2. The molecule has 18 heavy (non-hydrogen) atoms. The molecule has 0 fully saturated rings. The standard InChI is InChI=1S/C16H14O2/c1-10-2-6-14-11(8-10)3-4-12-9-13(17)5-7-15(12)16(14)18/h2,5-9,17H,3-4H2,1H3. The molecule has 3 rings (SSSR count). The van der Waals surface area contributed by atoms with Gasteiger partial charge in [0.1, 0.15) is 5.75 Å². The van der Waals surface area contributed by atoms with Gasteiger partial charge in [-0.15, -0.1) is 0 Å². The van der Waals surface area contributed by atoms with Crippen LogP contribution in [0.1, 0.15) is 32.6 Å². The Kier molecular flexibility index (Phi) is 2.44. The van der Waals surface area contributed by atoms with Crippen LogP contribution >= 0.6 is 0 Å². The van der Waals surface area contributed by atoms with Crippen LogP contribution in [-0.2, 0) is 12.8 Å². The zero-order chi connectivity index (χ0) is 12.7. The molecule has 0 radical (unpaired) electrons. The molecule has 2 heteroatoms. The van der Waals surface area contributed by atoms with Crippen molar-refractivity contribution in [3.05, 3.63) is 64.2 Å². The summed E-state index contributed by atoms with van der Waals surface area (Å²) >= 11 is 0. The molecule has 90 valence electrons. The minimum absolute atomic E-state index is 0.0671. The van der Waals surface area contributed by atoms with E-state index in [4.69, 9.17) is 0 Å². The number of rotatable bonds is 0. The van der Waals surface area contributed by atoms with Crippen molar-refractivity contribution in [3.8, 4) is 5.75 Å². The molecule has 1 aliphatic rings. The highest BCUT2D eigenvalue weighted by Gasteiger charge is 2.21. The quantitative estimate of drug-likeness (QED) is 0.766. The zero-order valence-electron chi connectivity index (χ0n) is 10.2.